The second kappa shape index (κ2) is 8.93. The Morgan fingerprint density at radius 2 is 1.59 bits per heavy atom. The molecule has 2 saturated heterocycles. The van der Waals surface area contributed by atoms with Crippen LogP contribution in [0, 0.1) is 5.82 Å². The van der Waals surface area contributed by atoms with Crippen molar-refractivity contribution in [2.45, 2.75) is 57.3 Å². The number of likely N-dealkylation sites (tertiary alicyclic amines) is 2. The lowest BCUT2D eigenvalue weighted by Crippen LogP contribution is -2.39. The molecule has 0 spiro atoms. The van der Waals surface area contributed by atoms with Crippen molar-refractivity contribution in [3.8, 4) is 0 Å². The van der Waals surface area contributed by atoms with Gasteiger partial charge in [0.2, 0.25) is 11.8 Å². The summed E-state index contributed by atoms with van der Waals surface area (Å²) in [5.41, 5.74) is 1.37. The second-order valence-corrected chi connectivity index (χ2v) is 8.16. The summed E-state index contributed by atoms with van der Waals surface area (Å²) in [4.78, 5) is 28.7. The molecule has 0 unspecified atom stereocenters. The first-order chi connectivity index (χ1) is 14.1. The fourth-order valence-electron chi connectivity index (χ4n) is 4.48. The van der Waals surface area contributed by atoms with Crippen LogP contribution in [0.5, 0.6) is 0 Å². The van der Waals surface area contributed by atoms with Crippen LogP contribution in [-0.4, -0.2) is 52.9 Å². The van der Waals surface area contributed by atoms with E-state index >= 15 is 0 Å². The summed E-state index contributed by atoms with van der Waals surface area (Å²) in [6.07, 6.45) is 6.61. The molecule has 29 heavy (non-hydrogen) atoms. The van der Waals surface area contributed by atoms with Gasteiger partial charge in [-0.1, -0.05) is 18.0 Å². The highest BCUT2D eigenvalue weighted by Crippen LogP contribution is 2.33. The zero-order chi connectivity index (χ0) is 20.2. The molecule has 7 heteroatoms. The fraction of sp³-hybridized carbons (Fsp3) is 0.591. The summed E-state index contributed by atoms with van der Waals surface area (Å²) >= 11 is 0. The number of carbonyl (C=O) groups is 2. The molecule has 0 radical (unpaired) electrons. The van der Waals surface area contributed by atoms with Crippen molar-refractivity contribution in [1.29, 1.82) is 0 Å². The van der Waals surface area contributed by atoms with Crippen LogP contribution in [0.4, 0.5) is 4.39 Å². The van der Waals surface area contributed by atoms with E-state index in [1.165, 1.54) is 25.0 Å². The van der Waals surface area contributed by atoms with Crippen LogP contribution in [0.3, 0.4) is 0 Å². The molecule has 0 aliphatic carbocycles. The molecule has 2 aromatic rings. The minimum Gasteiger partial charge on any atom is -0.356 e. The average molecular weight is 401 g/mol. The Morgan fingerprint density at radius 3 is 2.24 bits per heavy atom. The minimum absolute atomic E-state index is 0.0441. The Balaban J connectivity index is 1.28. The number of nitrogens with zero attached hydrogens (tertiary/aromatic N) is 3. The summed E-state index contributed by atoms with van der Waals surface area (Å²) in [6.45, 7) is 2.91. The molecule has 3 heterocycles. The summed E-state index contributed by atoms with van der Waals surface area (Å²) in [6, 6.07) is 4.43. The van der Waals surface area contributed by atoms with Gasteiger partial charge in [-0.2, -0.15) is 0 Å². The number of rotatable bonds is 4. The number of halogens is 1. The van der Waals surface area contributed by atoms with Gasteiger partial charge in [0.05, 0.1) is 5.69 Å². The normalized spacial score (nSPS) is 18.8. The zero-order valence-corrected chi connectivity index (χ0v) is 16.7. The highest BCUT2D eigenvalue weighted by molar-refractivity contribution is 5.84. The third-order valence-corrected chi connectivity index (χ3v) is 6.21. The van der Waals surface area contributed by atoms with Crippen LogP contribution in [0.15, 0.2) is 22.7 Å². The van der Waals surface area contributed by atoms with Gasteiger partial charge in [-0.25, -0.2) is 4.39 Å². The third kappa shape index (κ3) is 4.60. The molecule has 2 aliphatic heterocycles. The number of benzene rings is 1. The van der Waals surface area contributed by atoms with E-state index < -0.39 is 0 Å². The molecular weight excluding hydrogens is 373 g/mol. The largest absolute Gasteiger partial charge is 0.356 e. The van der Waals surface area contributed by atoms with Gasteiger partial charge in [0.15, 0.2) is 5.58 Å². The molecule has 2 aliphatic rings. The van der Waals surface area contributed by atoms with E-state index in [2.05, 4.69) is 5.16 Å². The van der Waals surface area contributed by atoms with E-state index in [0.29, 0.717) is 25.1 Å². The van der Waals surface area contributed by atoms with Gasteiger partial charge < -0.3 is 14.3 Å². The van der Waals surface area contributed by atoms with Crippen LogP contribution < -0.4 is 0 Å². The van der Waals surface area contributed by atoms with E-state index in [1.54, 1.807) is 6.07 Å². The monoisotopic (exact) mass is 401 g/mol. The van der Waals surface area contributed by atoms with Crippen LogP contribution in [0.2, 0.25) is 0 Å². The zero-order valence-electron chi connectivity index (χ0n) is 16.7. The van der Waals surface area contributed by atoms with Crippen LogP contribution in [0.1, 0.15) is 63.0 Å². The summed E-state index contributed by atoms with van der Waals surface area (Å²) in [5, 5.41) is 4.87. The lowest BCUT2D eigenvalue weighted by molar-refractivity contribution is -0.137. The van der Waals surface area contributed by atoms with Crippen molar-refractivity contribution < 1.29 is 18.5 Å². The molecule has 1 aromatic carbocycles. The number of hydrogen-bond acceptors (Lipinski definition) is 4. The average Bonchev–Trinajstić information content (AvgIpc) is 2.96. The predicted molar refractivity (Wildman–Crippen MR) is 107 cm³/mol. The smallest absolute Gasteiger partial charge is 0.223 e. The lowest BCUT2D eigenvalue weighted by atomic mass is 9.91. The van der Waals surface area contributed by atoms with Gasteiger partial charge in [0.25, 0.3) is 0 Å². The van der Waals surface area contributed by atoms with Gasteiger partial charge in [-0.3, -0.25) is 9.59 Å². The Bertz CT molecular complexity index is 865. The van der Waals surface area contributed by atoms with E-state index in [0.717, 1.165) is 49.9 Å². The number of piperidine rings is 1. The third-order valence-electron chi connectivity index (χ3n) is 6.21. The SMILES string of the molecule is O=C(CCC(=O)N1CCC(c2noc3ccc(F)cc23)CC1)N1CCCCCC1. The first kappa shape index (κ1) is 19.9. The van der Waals surface area contributed by atoms with Crippen molar-refractivity contribution in [3.63, 3.8) is 0 Å². The van der Waals surface area contributed by atoms with E-state index in [-0.39, 0.29) is 30.0 Å². The van der Waals surface area contributed by atoms with Crippen molar-refractivity contribution >= 4 is 22.8 Å². The van der Waals surface area contributed by atoms with Crippen molar-refractivity contribution in [3.05, 3.63) is 29.7 Å². The van der Waals surface area contributed by atoms with Crippen molar-refractivity contribution in [2.24, 2.45) is 0 Å². The lowest BCUT2D eigenvalue weighted by Gasteiger charge is -2.31. The maximum atomic E-state index is 13.6. The van der Waals surface area contributed by atoms with E-state index in [1.807, 2.05) is 9.80 Å². The Hall–Kier alpha value is -2.44. The molecule has 0 saturated carbocycles. The van der Waals surface area contributed by atoms with Crippen LogP contribution in [-0.2, 0) is 9.59 Å². The number of amides is 2. The number of carbonyl (C=O) groups excluding carboxylic acids is 2. The van der Waals surface area contributed by atoms with Gasteiger partial charge in [-0.15, -0.1) is 0 Å². The second-order valence-electron chi connectivity index (χ2n) is 8.16. The topological polar surface area (TPSA) is 66.7 Å². The van der Waals surface area contributed by atoms with Crippen molar-refractivity contribution in [1.82, 2.24) is 15.0 Å². The number of aromatic nitrogens is 1. The molecule has 0 atom stereocenters. The predicted octanol–water partition coefficient (Wildman–Crippen LogP) is 3.86. The first-order valence-electron chi connectivity index (χ1n) is 10.7. The molecule has 0 N–H and O–H groups in total. The number of fused-ring (bicyclic) bond motifs is 1. The summed E-state index contributed by atoms with van der Waals surface area (Å²) in [7, 11) is 0. The molecule has 2 amide bonds. The van der Waals surface area contributed by atoms with Gasteiger partial charge in [0, 0.05) is 50.3 Å². The number of hydrogen-bond donors (Lipinski definition) is 0. The molecule has 1 aromatic heterocycles. The molecule has 156 valence electrons. The maximum absolute atomic E-state index is 13.6. The fourth-order valence-corrected chi connectivity index (χ4v) is 4.48. The van der Waals surface area contributed by atoms with Crippen LogP contribution in [0.25, 0.3) is 11.0 Å². The molecule has 0 bridgehead atoms. The molecular formula is C22H28FN3O3. The van der Waals surface area contributed by atoms with Gasteiger partial charge >= 0.3 is 0 Å². The highest BCUT2D eigenvalue weighted by atomic mass is 19.1. The van der Waals surface area contributed by atoms with E-state index in [4.69, 9.17) is 4.52 Å². The first-order valence-corrected chi connectivity index (χ1v) is 10.7. The molecule has 4 rings (SSSR count). The minimum atomic E-state index is -0.302. The standard InChI is InChI=1S/C22H28FN3O3/c23-17-5-6-19-18(15-17)22(24-29-19)16-9-13-26(14-10-16)21(28)8-7-20(27)25-11-3-1-2-4-12-25/h5-6,15-16H,1-4,7-14H2. The summed E-state index contributed by atoms with van der Waals surface area (Å²) < 4.78 is 18.9. The highest BCUT2D eigenvalue weighted by Gasteiger charge is 2.28. The molecule has 2 fully saturated rings. The quantitative estimate of drug-likeness (QED) is 0.780. The van der Waals surface area contributed by atoms with Gasteiger partial charge in [0.1, 0.15) is 5.82 Å². The Labute approximate surface area is 170 Å². The van der Waals surface area contributed by atoms with Crippen molar-refractivity contribution in [2.75, 3.05) is 26.2 Å². The molecule has 6 nitrogen and oxygen atoms in total. The van der Waals surface area contributed by atoms with Crippen LogP contribution >= 0.6 is 0 Å². The maximum Gasteiger partial charge on any atom is 0.223 e. The van der Waals surface area contributed by atoms with E-state index in [9.17, 15) is 14.0 Å². The Morgan fingerprint density at radius 1 is 0.966 bits per heavy atom. The summed E-state index contributed by atoms with van der Waals surface area (Å²) in [5.74, 6) is -0.00150. The Kier molecular flexibility index (Phi) is 6.11. The van der Waals surface area contributed by atoms with Gasteiger partial charge in [-0.05, 0) is 43.9 Å².